The van der Waals surface area contributed by atoms with E-state index in [1.54, 1.807) is 12.1 Å². The van der Waals surface area contributed by atoms with E-state index in [4.69, 9.17) is 23.2 Å². The van der Waals surface area contributed by atoms with E-state index in [1.165, 1.54) is 10.8 Å². The first-order chi connectivity index (χ1) is 12.1. The van der Waals surface area contributed by atoms with Crippen LogP contribution in [0.4, 0.5) is 5.69 Å². The molecule has 0 fully saturated rings. The van der Waals surface area contributed by atoms with E-state index in [0.29, 0.717) is 15.7 Å². The smallest absolute Gasteiger partial charge is 0.100 e. The van der Waals surface area contributed by atoms with E-state index in [9.17, 15) is 0 Å². The molecule has 0 radical (unpaired) electrons. The van der Waals surface area contributed by atoms with Gasteiger partial charge in [-0.25, -0.2) is 0 Å². The van der Waals surface area contributed by atoms with Gasteiger partial charge in [-0.1, -0.05) is 87.7 Å². The molecule has 0 atom stereocenters. The van der Waals surface area contributed by atoms with Crippen molar-refractivity contribution in [1.82, 2.24) is 0 Å². The zero-order chi connectivity index (χ0) is 17.4. The van der Waals surface area contributed by atoms with Crippen LogP contribution in [0.3, 0.4) is 0 Å². The molecule has 4 rings (SSSR count). The van der Waals surface area contributed by atoms with Gasteiger partial charge in [0.25, 0.3) is 0 Å². The fraction of sp³-hybridized carbons (Fsp3) is 0. The van der Waals surface area contributed by atoms with Gasteiger partial charge in [-0.05, 0) is 39.7 Å². The highest BCUT2D eigenvalue weighted by molar-refractivity contribution is 9.10. The number of benzene rings is 4. The zero-order valence-corrected chi connectivity index (χ0v) is 16.1. The Morgan fingerprint density at radius 3 is 1.84 bits per heavy atom. The third kappa shape index (κ3) is 3.18. The largest absolute Gasteiger partial charge is 0.253 e. The number of hydrogen-bond donors (Lipinski definition) is 0. The van der Waals surface area contributed by atoms with Gasteiger partial charge < -0.3 is 0 Å². The molecular formula is C21H12BrCl2N. The number of halogens is 3. The van der Waals surface area contributed by atoms with Crippen LogP contribution < -0.4 is 0 Å². The van der Waals surface area contributed by atoms with Crippen molar-refractivity contribution in [3.63, 3.8) is 0 Å². The lowest BCUT2D eigenvalue weighted by Gasteiger charge is -2.08. The molecule has 0 aromatic heterocycles. The first-order valence-corrected chi connectivity index (χ1v) is 9.27. The Morgan fingerprint density at radius 2 is 1.28 bits per heavy atom. The van der Waals surface area contributed by atoms with Crippen molar-refractivity contribution in [3.05, 3.63) is 86.8 Å². The van der Waals surface area contributed by atoms with Gasteiger partial charge in [0.05, 0.1) is 10.0 Å². The fourth-order valence-corrected chi connectivity index (χ4v) is 4.28. The van der Waals surface area contributed by atoms with Gasteiger partial charge in [0.15, 0.2) is 0 Å². The molecule has 0 aliphatic rings. The van der Waals surface area contributed by atoms with E-state index in [-0.39, 0.29) is 0 Å². The van der Waals surface area contributed by atoms with E-state index in [2.05, 4.69) is 51.3 Å². The Kier molecular flexibility index (Phi) is 4.51. The average Bonchev–Trinajstić information content (AvgIpc) is 2.60. The molecule has 4 heteroatoms. The molecule has 0 aliphatic heterocycles. The minimum Gasteiger partial charge on any atom is -0.253 e. The normalized spacial score (nSPS) is 11.6. The molecule has 122 valence electrons. The highest BCUT2D eigenvalue weighted by atomic mass is 79.9. The second-order valence-electron chi connectivity index (χ2n) is 5.71. The second-order valence-corrected chi connectivity index (χ2v) is 7.44. The van der Waals surface area contributed by atoms with Gasteiger partial charge in [-0.2, -0.15) is 0 Å². The summed E-state index contributed by atoms with van der Waals surface area (Å²) < 4.78 is 0.831. The summed E-state index contributed by atoms with van der Waals surface area (Å²) in [5.74, 6) is 0. The van der Waals surface area contributed by atoms with E-state index >= 15 is 0 Å². The van der Waals surface area contributed by atoms with Crippen molar-refractivity contribution < 1.29 is 0 Å². The SMILES string of the molecule is Clc1cc(Br)cc(Cl)c1N=Cc1c2ccccc2cc2ccccc12. The summed E-state index contributed by atoms with van der Waals surface area (Å²) in [6, 6.07) is 22.4. The van der Waals surface area contributed by atoms with Crippen molar-refractivity contribution in [2.45, 2.75) is 0 Å². The maximum absolute atomic E-state index is 6.31. The quantitative estimate of drug-likeness (QED) is 0.228. The van der Waals surface area contributed by atoms with Crippen molar-refractivity contribution in [2.75, 3.05) is 0 Å². The number of nitrogens with zero attached hydrogens (tertiary/aromatic N) is 1. The van der Waals surface area contributed by atoms with Crippen LogP contribution in [0, 0.1) is 0 Å². The summed E-state index contributed by atoms with van der Waals surface area (Å²) >= 11 is 16.0. The minimum absolute atomic E-state index is 0.514. The van der Waals surface area contributed by atoms with Crippen molar-refractivity contribution in [1.29, 1.82) is 0 Å². The van der Waals surface area contributed by atoms with Crippen LogP contribution in [0.25, 0.3) is 21.5 Å². The molecule has 0 heterocycles. The van der Waals surface area contributed by atoms with Crippen LogP contribution >= 0.6 is 39.1 Å². The summed E-state index contributed by atoms with van der Waals surface area (Å²) in [6.45, 7) is 0. The van der Waals surface area contributed by atoms with Gasteiger partial charge in [0.1, 0.15) is 5.69 Å². The standard InChI is InChI=1S/C21H12BrCl2N/c22-15-10-19(23)21(20(24)11-15)25-12-18-16-7-3-1-5-13(16)9-14-6-2-4-8-17(14)18/h1-12H. The molecule has 0 unspecified atom stereocenters. The Morgan fingerprint density at radius 1 is 0.760 bits per heavy atom. The van der Waals surface area contributed by atoms with Crippen LogP contribution in [0.1, 0.15) is 5.56 Å². The second kappa shape index (κ2) is 6.80. The van der Waals surface area contributed by atoms with Gasteiger partial charge in [-0.15, -0.1) is 0 Å². The summed E-state index contributed by atoms with van der Waals surface area (Å²) in [6.07, 6.45) is 1.85. The Balaban J connectivity index is 1.97. The van der Waals surface area contributed by atoms with Crippen molar-refractivity contribution in [2.24, 2.45) is 4.99 Å². The number of aliphatic imine (C=N–C) groups is 1. The van der Waals surface area contributed by atoms with Crippen LogP contribution in [0.2, 0.25) is 10.0 Å². The topological polar surface area (TPSA) is 12.4 Å². The monoisotopic (exact) mass is 427 g/mol. The average molecular weight is 429 g/mol. The Labute approximate surface area is 164 Å². The summed E-state index contributed by atoms with van der Waals surface area (Å²) in [5, 5.41) is 5.68. The highest BCUT2D eigenvalue weighted by Crippen LogP contribution is 2.36. The van der Waals surface area contributed by atoms with Crippen LogP contribution in [0.15, 0.2) is 76.2 Å². The van der Waals surface area contributed by atoms with Crippen LogP contribution in [0.5, 0.6) is 0 Å². The van der Waals surface area contributed by atoms with Crippen molar-refractivity contribution in [3.8, 4) is 0 Å². The first kappa shape index (κ1) is 16.6. The molecule has 0 N–H and O–H groups in total. The first-order valence-electron chi connectivity index (χ1n) is 7.72. The molecule has 0 saturated heterocycles. The highest BCUT2D eigenvalue weighted by Gasteiger charge is 2.08. The lowest BCUT2D eigenvalue weighted by Crippen LogP contribution is -1.88. The molecule has 25 heavy (non-hydrogen) atoms. The van der Waals surface area contributed by atoms with E-state index in [1.807, 2.05) is 30.5 Å². The van der Waals surface area contributed by atoms with Crippen LogP contribution in [-0.2, 0) is 0 Å². The van der Waals surface area contributed by atoms with Crippen LogP contribution in [-0.4, -0.2) is 6.21 Å². The number of fused-ring (bicyclic) bond motifs is 2. The minimum atomic E-state index is 0.514. The molecule has 4 aromatic rings. The summed E-state index contributed by atoms with van der Waals surface area (Å²) in [4.78, 5) is 4.61. The molecule has 0 aliphatic carbocycles. The van der Waals surface area contributed by atoms with Crippen molar-refractivity contribution >= 4 is 72.6 Å². The molecular weight excluding hydrogens is 417 g/mol. The predicted molar refractivity (Wildman–Crippen MR) is 113 cm³/mol. The number of rotatable bonds is 2. The summed E-state index contributed by atoms with van der Waals surface area (Å²) in [5.41, 5.74) is 1.63. The molecule has 0 saturated carbocycles. The molecule has 0 spiro atoms. The third-order valence-corrected chi connectivity index (χ3v) is 5.15. The zero-order valence-electron chi connectivity index (χ0n) is 13.0. The van der Waals surface area contributed by atoms with E-state index in [0.717, 1.165) is 20.8 Å². The lowest BCUT2D eigenvalue weighted by atomic mass is 9.97. The van der Waals surface area contributed by atoms with Gasteiger partial charge in [0, 0.05) is 16.3 Å². The fourth-order valence-electron chi connectivity index (χ4n) is 2.98. The van der Waals surface area contributed by atoms with Gasteiger partial charge in [-0.3, -0.25) is 4.99 Å². The van der Waals surface area contributed by atoms with E-state index < -0.39 is 0 Å². The van der Waals surface area contributed by atoms with Gasteiger partial charge >= 0.3 is 0 Å². The maximum atomic E-state index is 6.31. The lowest BCUT2D eigenvalue weighted by molar-refractivity contribution is 1.52. The molecule has 1 nitrogen and oxygen atoms in total. The molecule has 0 amide bonds. The Bertz CT molecular complexity index is 1060. The predicted octanol–water partition coefficient (Wildman–Crippen LogP) is 7.81. The maximum Gasteiger partial charge on any atom is 0.100 e. The number of hydrogen-bond acceptors (Lipinski definition) is 1. The third-order valence-electron chi connectivity index (χ3n) is 4.12. The Hall–Kier alpha value is -1.87. The molecule has 0 bridgehead atoms. The van der Waals surface area contributed by atoms with Gasteiger partial charge in [0.2, 0.25) is 0 Å². The molecule has 4 aromatic carbocycles. The summed E-state index contributed by atoms with van der Waals surface area (Å²) in [7, 11) is 0.